The lowest BCUT2D eigenvalue weighted by atomic mass is 10.1. The van der Waals surface area contributed by atoms with Gasteiger partial charge >= 0.3 is 0 Å². The Kier molecular flexibility index (Phi) is 4.65. The second-order valence-corrected chi connectivity index (χ2v) is 4.32. The number of aromatic nitrogens is 1. The molecule has 1 aromatic heterocycles. The lowest BCUT2D eigenvalue weighted by Gasteiger charge is -2.06. The summed E-state index contributed by atoms with van der Waals surface area (Å²) >= 11 is 0. The largest absolute Gasteiger partial charge is 0.373 e. The second kappa shape index (κ2) is 6.65. The Bertz CT molecular complexity index is 601. The number of halogens is 1. The van der Waals surface area contributed by atoms with Crippen molar-refractivity contribution in [3.8, 4) is 0 Å². The molecule has 0 aliphatic heterocycles. The maximum absolute atomic E-state index is 13.0. The molecule has 104 valence electrons. The Balaban J connectivity index is 1.89. The molecule has 5 heteroatoms. The molecule has 0 saturated carbocycles. The molecule has 1 amide bonds. The Morgan fingerprint density at radius 3 is 2.90 bits per heavy atom. The van der Waals surface area contributed by atoms with Gasteiger partial charge in [-0.3, -0.25) is 4.79 Å². The minimum absolute atomic E-state index is 0.166. The van der Waals surface area contributed by atoms with E-state index in [4.69, 9.17) is 0 Å². The molecule has 0 saturated heterocycles. The molecule has 0 aliphatic rings. The van der Waals surface area contributed by atoms with Crippen LogP contribution in [0.25, 0.3) is 0 Å². The van der Waals surface area contributed by atoms with Crippen molar-refractivity contribution < 1.29 is 9.18 Å². The first-order valence-electron chi connectivity index (χ1n) is 6.35. The summed E-state index contributed by atoms with van der Waals surface area (Å²) in [7, 11) is 1.74. The van der Waals surface area contributed by atoms with E-state index >= 15 is 0 Å². The summed E-state index contributed by atoms with van der Waals surface area (Å²) in [6, 6.07) is 9.70. The predicted octanol–water partition coefficient (Wildman–Crippen LogP) is 2.23. The van der Waals surface area contributed by atoms with Crippen LogP contribution >= 0.6 is 0 Å². The number of nitrogens with zero attached hydrogens (tertiary/aromatic N) is 1. The number of anilines is 1. The molecule has 0 fully saturated rings. The first-order chi connectivity index (χ1) is 9.69. The molecule has 0 unspecified atom stereocenters. The Morgan fingerprint density at radius 2 is 2.15 bits per heavy atom. The number of pyridine rings is 1. The Morgan fingerprint density at radius 1 is 1.30 bits per heavy atom. The molecule has 2 N–H and O–H groups in total. The molecule has 1 aromatic carbocycles. The average molecular weight is 273 g/mol. The van der Waals surface area contributed by atoms with Gasteiger partial charge in [-0.2, -0.15) is 0 Å². The number of carbonyl (C=O) groups is 1. The first-order valence-corrected chi connectivity index (χ1v) is 6.35. The molecule has 0 spiro atoms. The minimum Gasteiger partial charge on any atom is -0.373 e. The van der Waals surface area contributed by atoms with Gasteiger partial charge in [-0.1, -0.05) is 12.1 Å². The molecule has 1 heterocycles. The van der Waals surface area contributed by atoms with Gasteiger partial charge in [-0.05, 0) is 36.2 Å². The molecular weight excluding hydrogens is 257 g/mol. The van der Waals surface area contributed by atoms with E-state index in [9.17, 15) is 9.18 Å². The second-order valence-electron chi connectivity index (χ2n) is 4.32. The summed E-state index contributed by atoms with van der Waals surface area (Å²) in [5.41, 5.74) is 1.40. The van der Waals surface area contributed by atoms with Crippen molar-refractivity contribution in [2.75, 3.05) is 18.9 Å². The number of nitrogens with one attached hydrogen (secondary N) is 2. The standard InChI is InChI=1S/C15H16FN3O/c1-17-14-10-12(6-8-18-14)15(20)19-7-5-11-3-2-4-13(16)9-11/h2-4,6,8-10H,5,7H2,1H3,(H,17,18)(H,19,20). The lowest BCUT2D eigenvalue weighted by Crippen LogP contribution is -2.25. The average Bonchev–Trinajstić information content (AvgIpc) is 2.47. The molecule has 2 rings (SSSR count). The van der Waals surface area contributed by atoms with E-state index in [2.05, 4.69) is 15.6 Å². The zero-order valence-electron chi connectivity index (χ0n) is 11.2. The van der Waals surface area contributed by atoms with Crippen molar-refractivity contribution in [3.63, 3.8) is 0 Å². The van der Waals surface area contributed by atoms with Crippen LogP contribution < -0.4 is 10.6 Å². The maximum Gasteiger partial charge on any atom is 0.251 e. The van der Waals surface area contributed by atoms with Crippen LogP contribution in [-0.2, 0) is 6.42 Å². The van der Waals surface area contributed by atoms with Crippen LogP contribution in [-0.4, -0.2) is 24.5 Å². The van der Waals surface area contributed by atoms with Crippen molar-refractivity contribution in [2.24, 2.45) is 0 Å². The fraction of sp³-hybridized carbons (Fsp3) is 0.200. The van der Waals surface area contributed by atoms with E-state index in [0.29, 0.717) is 24.3 Å². The van der Waals surface area contributed by atoms with Crippen molar-refractivity contribution in [1.82, 2.24) is 10.3 Å². The van der Waals surface area contributed by atoms with Gasteiger partial charge in [0.25, 0.3) is 5.91 Å². The van der Waals surface area contributed by atoms with E-state index in [-0.39, 0.29) is 11.7 Å². The minimum atomic E-state index is -0.262. The van der Waals surface area contributed by atoms with Crippen LogP contribution in [0.5, 0.6) is 0 Å². The van der Waals surface area contributed by atoms with Crippen molar-refractivity contribution in [3.05, 3.63) is 59.5 Å². The fourth-order valence-corrected chi connectivity index (χ4v) is 1.82. The quantitative estimate of drug-likeness (QED) is 0.878. The number of amides is 1. The molecule has 0 bridgehead atoms. The molecule has 0 aliphatic carbocycles. The highest BCUT2D eigenvalue weighted by molar-refractivity contribution is 5.94. The molecule has 0 atom stereocenters. The van der Waals surface area contributed by atoms with Crippen LogP contribution in [0.15, 0.2) is 42.6 Å². The van der Waals surface area contributed by atoms with Gasteiger partial charge in [0.1, 0.15) is 11.6 Å². The monoisotopic (exact) mass is 273 g/mol. The molecular formula is C15H16FN3O. The smallest absolute Gasteiger partial charge is 0.251 e. The normalized spacial score (nSPS) is 10.1. The molecule has 20 heavy (non-hydrogen) atoms. The molecule has 0 radical (unpaired) electrons. The zero-order chi connectivity index (χ0) is 14.4. The number of carbonyl (C=O) groups excluding carboxylic acids is 1. The van der Waals surface area contributed by atoms with Gasteiger partial charge in [-0.15, -0.1) is 0 Å². The Labute approximate surface area is 117 Å². The number of hydrogen-bond donors (Lipinski definition) is 2. The lowest BCUT2D eigenvalue weighted by molar-refractivity contribution is 0.0954. The third kappa shape index (κ3) is 3.78. The van der Waals surface area contributed by atoms with Crippen LogP contribution in [0, 0.1) is 5.82 Å². The summed E-state index contributed by atoms with van der Waals surface area (Å²) in [5, 5.41) is 5.68. The number of rotatable bonds is 5. The van der Waals surface area contributed by atoms with Gasteiger partial charge in [0.05, 0.1) is 0 Å². The summed E-state index contributed by atoms with van der Waals surface area (Å²) in [6.45, 7) is 0.458. The first kappa shape index (κ1) is 14.0. The van der Waals surface area contributed by atoms with Crippen LogP contribution in [0.1, 0.15) is 15.9 Å². The van der Waals surface area contributed by atoms with Gasteiger partial charge in [0.2, 0.25) is 0 Å². The van der Waals surface area contributed by atoms with Gasteiger partial charge in [0, 0.05) is 25.4 Å². The summed E-state index contributed by atoms with van der Waals surface area (Å²) in [5.74, 6) is 0.213. The third-order valence-electron chi connectivity index (χ3n) is 2.87. The van der Waals surface area contributed by atoms with Crippen LogP contribution in [0.3, 0.4) is 0 Å². The van der Waals surface area contributed by atoms with E-state index in [1.54, 1.807) is 31.4 Å². The van der Waals surface area contributed by atoms with Gasteiger partial charge in [0.15, 0.2) is 0 Å². The number of benzene rings is 1. The summed E-state index contributed by atoms with van der Waals surface area (Å²) in [4.78, 5) is 16.0. The SMILES string of the molecule is CNc1cc(C(=O)NCCc2cccc(F)c2)ccn1. The van der Waals surface area contributed by atoms with Crippen LogP contribution in [0.4, 0.5) is 10.2 Å². The van der Waals surface area contributed by atoms with E-state index < -0.39 is 0 Å². The highest BCUT2D eigenvalue weighted by Crippen LogP contribution is 2.06. The van der Waals surface area contributed by atoms with Crippen LogP contribution in [0.2, 0.25) is 0 Å². The molecule has 4 nitrogen and oxygen atoms in total. The zero-order valence-corrected chi connectivity index (χ0v) is 11.2. The fourth-order valence-electron chi connectivity index (χ4n) is 1.82. The Hall–Kier alpha value is -2.43. The van der Waals surface area contributed by atoms with Crippen molar-refractivity contribution >= 4 is 11.7 Å². The van der Waals surface area contributed by atoms with Crippen molar-refractivity contribution in [2.45, 2.75) is 6.42 Å². The topological polar surface area (TPSA) is 54.0 Å². The van der Waals surface area contributed by atoms with Gasteiger partial charge in [-0.25, -0.2) is 9.37 Å². The van der Waals surface area contributed by atoms with Gasteiger partial charge < -0.3 is 10.6 Å². The summed E-state index contributed by atoms with van der Waals surface area (Å²) in [6.07, 6.45) is 2.17. The number of hydrogen-bond acceptors (Lipinski definition) is 3. The van der Waals surface area contributed by atoms with Crippen molar-refractivity contribution in [1.29, 1.82) is 0 Å². The predicted molar refractivity (Wildman–Crippen MR) is 76.2 cm³/mol. The summed E-state index contributed by atoms with van der Waals surface area (Å²) < 4.78 is 13.0. The third-order valence-corrected chi connectivity index (χ3v) is 2.87. The van der Waals surface area contributed by atoms with E-state index in [1.165, 1.54) is 12.1 Å². The van der Waals surface area contributed by atoms with E-state index in [1.807, 2.05) is 6.07 Å². The maximum atomic E-state index is 13.0. The highest BCUT2D eigenvalue weighted by Gasteiger charge is 2.06. The molecule has 2 aromatic rings. The van der Waals surface area contributed by atoms with E-state index in [0.717, 1.165) is 5.56 Å². The highest BCUT2D eigenvalue weighted by atomic mass is 19.1.